The van der Waals surface area contributed by atoms with Gasteiger partial charge in [-0.15, -0.1) is 0 Å². The van der Waals surface area contributed by atoms with Crippen molar-refractivity contribution in [2.45, 2.75) is 46.0 Å². The van der Waals surface area contributed by atoms with Crippen molar-refractivity contribution in [2.24, 2.45) is 5.92 Å². The Morgan fingerprint density at radius 3 is 3.00 bits per heavy atom. The first-order valence-corrected chi connectivity index (χ1v) is 8.71. The van der Waals surface area contributed by atoms with Gasteiger partial charge in [-0.1, -0.05) is 42.8 Å². The highest BCUT2D eigenvalue weighted by molar-refractivity contribution is 5.76. The molecule has 1 saturated heterocycles. The van der Waals surface area contributed by atoms with Gasteiger partial charge in [0.25, 0.3) is 0 Å². The van der Waals surface area contributed by atoms with Gasteiger partial charge in [-0.05, 0) is 31.7 Å². The van der Waals surface area contributed by atoms with Crippen molar-refractivity contribution in [2.75, 3.05) is 13.1 Å². The molecule has 0 unspecified atom stereocenters. The second kappa shape index (κ2) is 7.16. The molecule has 0 N–H and O–H groups in total. The van der Waals surface area contributed by atoms with Gasteiger partial charge in [-0.3, -0.25) is 4.79 Å². The molecule has 3 rings (SSSR count). The van der Waals surface area contributed by atoms with Crippen LogP contribution in [0.15, 0.2) is 28.8 Å². The van der Waals surface area contributed by atoms with Crippen molar-refractivity contribution in [3.05, 3.63) is 35.7 Å². The normalized spacial score (nSPS) is 18.2. The van der Waals surface area contributed by atoms with Gasteiger partial charge < -0.3 is 9.42 Å². The van der Waals surface area contributed by atoms with Crippen LogP contribution in [0.4, 0.5) is 0 Å². The van der Waals surface area contributed by atoms with Gasteiger partial charge in [-0.25, -0.2) is 0 Å². The Hall–Kier alpha value is -2.17. The molecule has 1 aromatic heterocycles. The van der Waals surface area contributed by atoms with E-state index in [2.05, 4.69) is 24.0 Å². The van der Waals surface area contributed by atoms with E-state index < -0.39 is 0 Å². The maximum atomic E-state index is 12.3. The fourth-order valence-electron chi connectivity index (χ4n) is 3.19. The smallest absolute Gasteiger partial charge is 0.231 e. The summed E-state index contributed by atoms with van der Waals surface area (Å²) in [7, 11) is 0. The molecule has 5 heteroatoms. The Balaban J connectivity index is 1.71. The van der Waals surface area contributed by atoms with E-state index in [1.54, 1.807) is 0 Å². The standard InChI is InChI=1S/C19H25N3O2/c1-13(2)10-17(23)22-9-5-8-16(12-22)19-20-18(21-24-19)15-7-4-6-14(3)11-15/h4,6-7,11,13,16H,5,8-10,12H2,1-3H3/t16-/m1/s1. The average Bonchev–Trinajstić information content (AvgIpc) is 3.04. The van der Waals surface area contributed by atoms with E-state index in [1.165, 1.54) is 5.56 Å². The van der Waals surface area contributed by atoms with Crippen LogP contribution in [0, 0.1) is 12.8 Å². The number of piperidine rings is 1. The maximum Gasteiger partial charge on any atom is 0.231 e. The molecule has 128 valence electrons. The molecule has 0 bridgehead atoms. The summed E-state index contributed by atoms with van der Waals surface area (Å²) in [6.07, 6.45) is 2.57. The predicted octanol–water partition coefficient (Wildman–Crippen LogP) is 3.80. The summed E-state index contributed by atoms with van der Waals surface area (Å²) in [4.78, 5) is 18.8. The third-order valence-corrected chi connectivity index (χ3v) is 4.42. The largest absolute Gasteiger partial charge is 0.342 e. The Morgan fingerprint density at radius 2 is 2.25 bits per heavy atom. The number of likely N-dealkylation sites (tertiary alicyclic amines) is 1. The van der Waals surface area contributed by atoms with E-state index in [4.69, 9.17) is 4.52 Å². The van der Waals surface area contributed by atoms with Crippen LogP contribution in [-0.2, 0) is 4.79 Å². The number of carbonyl (C=O) groups excluding carboxylic acids is 1. The van der Waals surface area contributed by atoms with E-state index in [0.717, 1.165) is 24.9 Å². The number of hydrogen-bond donors (Lipinski definition) is 0. The Bertz CT molecular complexity index is 708. The van der Waals surface area contributed by atoms with E-state index in [0.29, 0.717) is 30.6 Å². The molecule has 5 nitrogen and oxygen atoms in total. The first-order valence-electron chi connectivity index (χ1n) is 8.71. The van der Waals surface area contributed by atoms with Crippen molar-refractivity contribution in [1.29, 1.82) is 0 Å². The number of amides is 1. The van der Waals surface area contributed by atoms with Gasteiger partial charge in [-0.2, -0.15) is 4.98 Å². The van der Waals surface area contributed by atoms with Crippen LogP contribution in [0.2, 0.25) is 0 Å². The highest BCUT2D eigenvalue weighted by atomic mass is 16.5. The van der Waals surface area contributed by atoms with Gasteiger partial charge in [0.15, 0.2) is 0 Å². The molecule has 1 amide bonds. The minimum atomic E-state index is 0.140. The van der Waals surface area contributed by atoms with E-state index in [9.17, 15) is 4.79 Å². The van der Waals surface area contributed by atoms with Crippen LogP contribution in [0.3, 0.4) is 0 Å². The molecule has 2 aromatic rings. The molecule has 0 radical (unpaired) electrons. The predicted molar refractivity (Wildman–Crippen MR) is 92.5 cm³/mol. The Labute approximate surface area is 143 Å². The highest BCUT2D eigenvalue weighted by Gasteiger charge is 2.28. The van der Waals surface area contributed by atoms with Gasteiger partial charge in [0, 0.05) is 25.1 Å². The molecule has 0 aliphatic carbocycles. The van der Waals surface area contributed by atoms with Crippen molar-refractivity contribution < 1.29 is 9.32 Å². The van der Waals surface area contributed by atoms with Crippen LogP contribution in [0.25, 0.3) is 11.4 Å². The molecule has 0 spiro atoms. The van der Waals surface area contributed by atoms with Crippen LogP contribution < -0.4 is 0 Å². The fraction of sp³-hybridized carbons (Fsp3) is 0.526. The molecule has 24 heavy (non-hydrogen) atoms. The number of aryl methyl sites for hydroxylation is 1. The number of hydrogen-bond acceptors (Lipinski definition) is 4. The summed E-state index contributed by atoms with van der Waals surface area (Å²) < 4.78 is 5.51. The first-order chi connectivity index (χ1) is 11.5. The summed E-state index contributed by atoms with van der Waals surface area (Å²) >= 11 is 0. The summed E-state index contributed by atoms with van der Waals surface area (Å²) in [6, 6.07) is 8.08. The van der Waals surface area contributed by atoms with Crippen LogP contribution in [0.5, 0.6) is 0 Å². The average molecular weight is 327 g/mol. The summed E-state index contributed by atoms with van der Waals surface area (Å²) in [5, 5.41) is 4.13. The Morgan fingerprint density at radius 1 is 1.42 bits per heavy atom. The molecular formula is C19H25N3O2. The molecule has 1 atom stereocenters. The SMILES string of the molecule is Cc1cccc(-c2noc([C@@H]3CCCN(C(=O)CC(C)C)C3)n2)c1. The lowest BCUT2D eigenvalue weighted by Gasteiger charge is -2.31. The van der Waals surface area contributed by atoms with Gasteiger partial charge in [0.2, 0.25) is 17.6 Å². The lowest BCUT2D eigenvalue weighted by molar-refractivity contribution is -0.133. The van der Waals surface area contributed by atoms with Crippen molar-refractivity contribution in [3.63, 3.8) is 0 Å². The molecule has 1 aliphatic heterocycles. The van der Waals surface area contributed by atoms with E-state index in [-0.39, 0.29) is 11.8 Å². The minimum Gasteiger partial charge on any atom is -0.342 e. The zero-order chi connectivity index (χ0) is 17.1. The van der Waals surface area contributed by atoms with E-state index in [1.807, 2.05) is 36.1 Å². The van der Waals surface area contributed by atoms with Gasteiger partial charge in [0.05, 0.1) is 5.92 Å². The van der Waals surface area contributed by atoms with Crippen molar-refractivity contribution in [3.8, 4) is 11.4 Å². The molecule has 1 aromatic carbocycles. The van der Waals surface area contributed by atoms with Crippen molar-refractivity contribution >= 4 is 5.91 Å². The highest BCUT2D eigenvalue weighted by Crippen LogP contribution is 2.28. The number of rotatable bonds is 4. The van der Waals surface area contributed by atoms with Gasteiger partial charge in [0.1, 0.15) is 0 Å². The lowest BCUT2D eigenvalue weighted by Crippen LogP contribution is -2.39. The van der Waals surface area contributed by atoms with Crippen LogP contribution in [0.1, 0.15) is 50.5 Å². The van der Waals surface area contributed by atoms with Crippen molar-refractivity contribution in [1.82, 2.24) is 15.0 Å². The zero-order valence-corrected chi connectivity index (χ0v) is 14.7. The first kappa shape index (κ1) is 16.7. The second-order valence-corrected chi connectivity index (χ2v) is 7.10. The maximum absolute atomic E-state index is 12.3. The minimum absolute atomic E-state index is 0.140. The monoisotopic (exact) mass is 327 g/mol. The lowest BCUT2D eigenvalue weighted by atomic mass is 9.97. The second-order valence-electron chi connectivity index (χ2n) is 7.10. The van der Waals surface area contributed by atoms with Crippen LogP contribution >= 0.6 is 0 Å². The summed E-state index contributed by atoms with van der Waals surface area (Å²) in [6.45, 7) is 7.71. The fourth-order valence-corrected chi connectivity index (χ4v) is 3.19. The zero-order valence-electron chi connectivity index (χ0n) is 14.7. The summed E-state index contributed by atoms with van der Waals surface area (Å²) in [5.74, 6) is 2.02. The van der Waals surface area contributed by atoms with Crippen LogP contribution in [-0.4, -0.2) is 34.0 Å². The molecule has 0 saturated carbocycles. The molecule has 1 aliphatic rings. The van der Waals surface area contributed by atoms with Gasteiger partial charge >= 0.3 is 0 Å². The molecule has 2 heterocycles. The third-order valence-electron chi connectivity index (χ3n) is 4.42. The number of aromatic nitrogens is 2. The topological polar surface area (TPSA) is 59.2 Å². The number of benzene rings is 1. The van der Waals surface area contributed by atoms with E-state index >= 15 is 0 Å². The number of nitrogens with zero attached hydrogens (tertiary/aromatic N) is 3. The molecular weight excluding hydrogens is 302 g/mol. The Kier molecular flexibility index (Phi) is 4.97. The third kappa shape index (κ3) is 3.83. The molecule has 1 fully saturated rings. The summed E-state index contributed by atoms with van der Waals surface area (Å²) in [5.41, 5.74) is 2.13. The quantitative estimate of drug-likeness (QED) is 0.857. The number of carbonyl (C=O) groups is 1.